The molecule has 0 spiro atoms. The van der Waals surface area contributed by atoms with Gasteiger partial charge in [-0.05, 0) is 17.5 Å². The number of benzene rings is 2. The molecular formula is C20H16N4O5. The van der Waals surface area contributed by atoms with Crippen LogP contribution in [0.5, 0.6) is 0 Å². The molecule has 29 heavy (non-hydrogen) atoms. The smallest absolute Gasteiger partial charge is 0.270 e. The molecule has 1 aromatic heterocycles. The maximum absolute atomic E-state index is 12.6. The molecule has 0 unspecified atom stereocenters. The Bertz CT molecular complexity index is 1130. The number of carbonyl (C=O) groups excluding carboxylic acids is 2. The van der Waals surface area contributed by atoms with Crippen LogP contribution < -0.4 is 0 Å². The van der Waals surface area contributed by atoms with Crippen LogP contribution in [0.25, 0.3) is 11.4 Å². The highest BCUT2D eigenvalue weighted by Gasteiger charge is 2.37. The Hall–Kier alpha value is -3.88. The Kier molecular flexibility index (Phi) is 4.42. The van der Waals surface area contributed by atoms with Crippen molar-refractivity contribution in [3.8, 4) is 11.4 Å². The van der Waals surface area contributed by atoms with Gasteiger partial charge in [-0.1, -0.05) is 43.3 Å². The molecule has 0 fully saturated rings. The number of nitro benzene ring substituents is 1. The average molecular weight is 392 g/mol. The maximum atomic E-state index is 12.6. The van der Waals surface area contributed by atoms with Gasteiger partial charge in [0.2, 0.25) is 11.7 Å². The van der Waals surface area contributed by atoms with E-state index >= 15 is 0 Å². The van der Waals surface area contributed by atoms with Gasteiger partial charge >= 0.3 is 0 Å². The second kappa shape index (κ2) is 6.93. The van der Waals surface area contributed by atoms with E-state index < -0.39 is 16.7 Å². The lowest BCUT2D eigenvalue weighted by molar-refractivity contribution is -0.384. The number of rotatable bonds is 5. The summed E-state index contributed by atoms with van der Waals surface area (Å²) in [5, 5.41) is 14.8. The fraction of sp³-hybridized carbons (Fsp3) is 0.200. The van der Waals surface area contributed by atoms with Crippen LogP contribution >= 0.6 is 0 Å². The molecule has 0 saturated carbocycles. The first-order valence-electron chi connectivity index (χ1n) is 8.92. The second-order valence-electron chi connectivity index (χ2n) is 6.97. The molecule has 2 aromatic carbocycles. The third-order valence-electron chi connectivity index (χ3n) is 4.76. The van der Waals surface area contributed by atoms with Gasteiger partial charge in [0, 0.05) is 17.7 Å². The number of aromatic nitrogens is 2. The van der Waals surface area contributed by atoms with Gasteiger partial charge in [-0.3, -0.25) is 24.6 Å². The zero-order valence-electron chi connectivity index (χ0n) is 15.7. The van der Waals surface area contributed by atoms with Crippen molar-refractivity contribution in [3.63, 3.8) is 0 Å². The fourth-order valence-corrected chi connectivity index (χ4v) is 3.12. The second-order valence-corrected chi connectivity index (χ2v) is 6.97. The summed E-state index contributed by atoms with van der Waals surface area (Å²) in [6.45, 7) is 3.98. The third kappa shape index (κ3) is 3.27. The van der Waals surface area contributed by atoms with Gasteiger partial charge in [-0.2, -0.15) is 4.98 Å². The van der Waals surface area contributed by atoms with Gasteiger partial charge in [0.1, 0.15) is 6.54 Å². The maximum Gasteiger partial charge on any atom is 0.270 e. The van der Waals surface area contributed by atoms with E-state index in [1.54, 1.807) is 0 Å². The van der Waals surface area contributed by atoms with E-state index in [1.165, 1.54) is 17.7 Å². The molecule has 0 aliphatic carbocycles. The first kappa shape index (κ1) is 18.5. The SMILES string of the molecule is CC(C)c1ccc(-c2noc(CN3C(=O)c4ccc([N+](=O)[O-])cc4C3=O)n2)cc1. The van der Waals surface area contributed by atoms with Crippen LogP contribution in [0.15, 0.2) is 47.0 Å². The molecule has 9 nitrogen and oxygen atoms in total. The van der Waals surface area contributed by atoms with E-state index in [0.717, 1.165) is 16.5 Å². The molecule has 1 aliphatic heterocycles. The Morgan fingerprint density at radius 2 is 1.76 bits per heavy atom. The van der Waals surface area contributed by atoms with Crippen molar-refractivity contribution in [1.82, 2.24) is 15.0 Å². The van der Waals surface area contributed by atoms with E-state index in [9.17, 15) is 19.7 Å². The van der Waals surface area contributed by atoms with Crippen LogP contribution in [0.4, 0.5) is 5.69 Å². The predicted molar refractivity (Wildman–Crippen MR) is 101 cm³/mol. The minimum atomic E-state index is -0.630. The van der Waals surface area contributed by atoms with E-state index in [1.807, 2.05) is 24.3 Å². The van der Waals surface area contributed by atoms with Crippen LogP contribution in [0.1, 0.15) is 51.9 Å². The fourth-order valence-electron chi connectivity index (χ4n) is 3.12. The van der Waals surface area contributed by atoms with Crippen LogP contribution in [0.2, 0.25) is 0 Å². The standard InChI is InChI=1S/C20H16N4O5/c1-11(2)12-3-5-13(6-4-12)18-21-17(29-22-18)10-23-19(25)15-8-7-14(24(27)28)9-16(15)20(23)26/h3-9,11H,10H2,1-2H3. The Morgan fingerprint density at radius 1 is 1.07 bits per heavy atom. The lowest BCUT2D eigenvalue weighted by Gasteiger charge is -2.09. The quantitative estimate of drug-likeness (QED) is 0.370. The highest BCUT2D eigenvalue weighted by Crippen LogP contribution is 2.28. The number of fused-ring (bicyclic) bond motifs is 1. The lowest BCUT2D eigenvalue weighted by Crippen LogP contribution is -2.29. The number of amides is 2. The van der Waals surface area contributed by atoms with Crippen molar-refractivity contribution < 1.29 is 19.0 Å². The van der Waals surface area contributed by atoms with Crippen LogP contribution in [0, 0.1) is 10.1 Å². The van der Waals surface area contributed by atoms with E-state index in [2.05, 4.69) is 24.0 Å². The van der Waals surface area contributed by atoms with Crippen LogP contribution in [-0.4, -0.2) is 31.8 Å². The number of non-ortho nitro benzene ring substituents is 1. The molecule has 2 heterocycles. The summed E-state index contributed by atoms with van der Waals surface area (Å²) in [4.78, 5) is 40.6. The highest BCUT2D eigenvalue weighted by atomic mass is 16.6. The summed E-state index contributed by atoms with van der Waals surface area (Å²) < 4.78 is 5.20. The summed E-state index contributed by atoms with van der Waals surface area (Å²) in [6.07, 6.45) is 0. The summed E-state index contributed by atoms with van der Waals surface area (Å²) >= 11 is 0. The van der Waals surface area contributed by atoms with E-state index in [-0.39, 0.29) is 29.2 Å². The molecule has 4 rings (SSSR count). The van der Waals surface area contributed by atoms with Gasteiger partial charge < -0.3 is 4.52 Å². The Morgan fingerprint density at radius 3 is 2.41 bits per heavy atom. The zero-order valence-corrected chi connectivity index (χ0v) is 15.7. The highest BCUT2D eigenvalue weighted by molar-refractivity contribution is 6.21. The van der Waals surface area contributed by atoms with Gasteiger partial charge in [0.25, 0.3) is 17.5 Å². The normalized spacial score (nSPS) is 13.3. The monoisotopic (exact) mass is 392 g/mol. The molecule has 0 saturated heterocycles. The van der Waals surface area contributed by atoms with Crippen molar-refractivity contribution in [1.29, 1.82) is 0 Å². The molecule has 0 N–H and O–H groups in total. The van der Waals surface area contributed by atoms with Crippen molar-refractivity contribution in [2.24, 2.45) is 0 Å². The summed E-state index contributed by atoms with van der Waals surface area (Å²) in [5.41, 5.74) is 1.79. The van der Waals surface area contributed by atoms with Crippen molar-refractivity contribution in [2.75, 3.05) is 0 Å². The molecule has 0 bridgehead atoms. The third-order valence-corrected chi connectivity index (χ3v) is 4.76. The Balaban J connectivity index is 1.55. The van der Waals surface area contributed by atoms with Gasteiger partial charge in [0.15, 0.2) is 0 Å². The molecule has 0 radical (unpaired) electrons. The topological polar surface area (TPSA) is 119 Å². The first-order valence-corrected chi connectivity index (χ1v) is 8.92. The van der Waals surface area contributed by atoms with E-state index in [0.29, 0.717) is 11.7 Å². The first-order chi connectivity index (χ1) is 13.8. The molecule has 1 aliphatic rings. The largest absolute Gasteiger partial charge is 0.337 e. The van der Waals surface area contributed by atoms with Crippen molar-refractivity contribution in [3.05, 3.63) is 75.2 Å². The molecular weight excluding hydrogens is 376 g/mol. The summed E-state index contributed by atoms with van der Waals surface area (Å²) in [5.74, 6) is -0.343. The number of nitrogens with zero attached hydrogens (tertiary/aromatic N) is 4. The van der Waals surface area contributed by atoms with Crippen molar-refractivity contribution in [2.45, 2.75) is 26.3 Å². The molecule has 2 amide bonds. The molecule has 0 atom stereocenters. The zero-order chi connectivity index (χ0) is 20.7. The number of nitro groups is 1. The predicted octanol–water partition coefficient (Wildman–Crippen LogP) is 3.56. The number of carbonyl (C=O) groups is 2. The van der Waals surface area contributed by atoms with E-state index in [4.69, 9.17) is 4.52 Å². The van der Waals surface area contributed by atoms with Crippen LogP contribution in [0.3, 0.4) is 0 Å². The molecule has 3 aromatic rings. The summed E-state index contributed by atoms with van der Waals surface area (Å²) in [7, 11) is 0. The van der Waals surface area contributed by atoms with Gasteiger partial charge in [0.05, 0.1) is 16.1 Å². The minimum absolute atomic E-state index is 0.00628. The number of imide groups is 1. The van der Waals surface area contributed by atoms with Gasteiger partial charge in [-0.25, -0.2) is 0 Å². The molecule has 146 valence electrons. The lowest BCUT2D eigenvalue weighted by atomic mass is 10.0. The summed E-state index contributed by atoms with van der Waals surface area (Å²) in [6, 6.07) is 11.3. The van der Waals surface area contributed by atoms with Gasteiger partial charge in [-0.15, -0.1) is 0 Å². The number of hydrogen-bond donors (Lipinski definition) is 0. The average Bonchev–Trinajstić information content (AvgIpc) is 3.27. The van der Waals surface area contributed by atoms with Crippen molar-refractivity contribution >= 4 is 17.5 Å². The Labute approximate surface area is 165 Å². The number of hydrogen-bond acceptors (Lipinski definition) is 7. The van der Waals surface area contributed by atoms with Crippen LogP contribution in [-0.2, 0) is 6.54 Å². The molecule has 9 heteroatoms. The minimum Gasteiger partial charge on any atom is -0.337 e.